The summed E-state index contributed by atoms with van der Waals surface area (Å²) in [7, 11) is 0. The molecule has 1 aliphatic heterocycles. The molecule has 0 aromatic heterocycles. The van der Waals surface area contributed by atoms with Crippen LogP contribution < -0.4 is 14.8 Å². The lowest BCUT2D eigenvalue weighted by Crippen LogP contribution is -2.30. The van der Waals surface area contributed by atoms with Gasteiger partial charge < -0.3 is 19.5 Å². The van der Waals surface area contributed by atoms with Crippen molar-refractivity contribution in [3.05, 3.63) is 58.4 Å². The van der Waals surface area contributed by atoms with E-state index in [4.69, 9.17) is 25.8 Å². The second-order valence-electron chi connectivity index (χ2n) is 5.11. The van der Waals surface area contributed by atoms with Gasteiger partial charge in [-0.1, -0.05) is 17.7 Å². The number of carbonyl (C=O) groups is 2. The second-order valence-corrected chi connectivity index (χ2v) is 5.52. The van der Waals surface area contributed by atoms with Gasteiger partial charge in [0.15, 0.2) is 11.5 Å². The Balaban J connectivity index is 1.51. The predicted octanol–water partition coefficient (Wildman–Crippen LogP) is 2.68. The number of rotatable bonds is 5. The van der Waals surface area contributed by atoms with Crippen LogP contribution in [0.3, 0.4) is 0 Å². The van der Waals surface area contributed by atoms with Gasteiger partial charge in [-0.05, 0) is 30.3 Å². The van der Waals surface area contributed by atoms with Crippen LogP contribution >= 0.6 is 11.6 Å². The normalized spacial score (nSPS) is 11.9. The monoisotopic (exact) mass is 365 g/mol. The average Bonchev–Trinajstić information content (AvgIpc) is 3.07. The molecule has 0 aliphatic carbocycles. The molecule has 0 atom stereocenters. The van der Waals surface area contributed by atoms with Gasteiger partial charge in [0.25, 0.3) is 5.91 Å². The van der Waals surface area contributed by atoms with E-state index in [1.807, 2.05) is 0 Å². The quantitative estimate of drug-likeness (QED) is 0.825. The molecular weight excluding hydrogens is 353 g/mol. The molecule has 0 saturated carbocycles. The molecule has 2 aromatic carbocycles. The summed E-state index contributed by atoms with van der Waals surface area (Å²) in [5.41, 5.74) is 0.397. The second kappa shape index (κ2) is 7.40. The molecule has 0 spiro atoms. The molecule has 0 unspecified atom stereocenters. The van der Waals surface area contributed by atoms with Crippen LogP contribution in [0, 0.1) is 5.82 Å². The molecule has 0 bridgehead atoms. The zero-order valence-electron chi connectivity index (χ0n) is 12.9. The highest BCUT2D eigenvalue weighted by Crippen LogP contribution is 2.32. The van der Waals surface area contributed by atoms with E-state index in [1.165, 1.54) is 24.3 Å². The Morgan fingerprint density at radius 2 is 2.00 bits per heavy atom. The summed E-state index contributed by atoms with van der Waals surface area (Å²) >= 11 is 5.84. The molecule has 1 N–H and O–H groups in total. The number of halogens is 2. The SMILES string of the molecule is O=C(CNC(=O)c1ccc2c(c1)OCO2)OCc1c(F)cccc1Cl. The third-order valence-electron chi connectivity index (χ3n) is 3.47. The first-order chi connectivity index (χ1) is 12.0. The molecular formula is C17H13ClFNO5. The molecule has 0 saturated heterocycles. The molecule has 25 heavy (non-hydrogen) atoms. The molecule has 130 valence electrons. The summed E-state index contributed by atoms with van der Waals surface area (Å²) in [6.45, 7) is -0.574. The van der Waals surface area contributed by atoms with Crippen LogP contribution in [0.1, 0.15) is 15.9 Å². The first-order valence-electron chi connectivity index (χ1n) is 7.31. The Morgan fingerprint density at radius 3 is 2.80 bits per heavy atom. The van der Waals surface area contributed by atoms with Gasteiger partial charge in [-0.2, -0.15) is 0 Å². The van der Waals surface area contributed by atoms with Gasteiger partial charge in [0.1, 0.15) is 19.0 Å². The maximum absolute atomic E-state index is 13.6. The molecule has 0 fully saturated rings. The molecule has 1 aliphatic rings. The van der Waals surface area contributed by atoms with Crippen molar-refractivity contribution in [2.75, 3.05) is 13.3 Å². The summed E-state index contributed by atoms with van der Waals surface area (Å²) in [4.78, 5) is 23.7. The van der Waals surface area contributed by atoms with Crippen molar-refractivity contribution < 1.29 is 28.2 Å². The maximum Gasteiger partial charge on any atom is 0.325 e. The number of hydrogen-bond acceptors (Lipinski definition) is 5. The lowest BCUT2D eigenvalue weighted by Gasteiger charge is -2.09. The molecule has 0 radical (unpaired) electrons. The van der Waals surface area contributed by atoms with Crippen LogP contribution in [0.15, 0.2) is 36.4 Å². The highest BCUT2D eigenvalue weighted by Gasteiger charge is 2.17. The summed E-state index contributed by atoms with van der Waals surface area (Å²) < 4.78 is 28.8. The van der Waals surface area contributed by atoms with Gasteiger partial charge in [-0.3, -0.25) is 9.59 Å². The van der Waals surface area contributed by atoms with E-state index in [1.54, 1.807) is 12.1 Å². The van der Waals surface area contributed by atoms with Crippen LogP contribution in [-0.4, -0.2) is 25.2 Å². The van der Waals surface area contributed by atoms with Crippen molar-refractivity contribution in [1.29, 1.82) is 0 Å². The lowest BCUT2D eigenvalue weighted by atomic mass is 10.2. The number of carbonyl (C=O) groups excluding carboxylic acids is 2. The Morgan fingerprint density at radius 1 is 1.20 bits per heavy atom. The highest BCUT2D eigenvalue weighted by atomic mass is 35.5. The fraction of sp³-hybridized carbons (Fsp3) is 0.176. The van der Waals surface area contributed by atoms with Gasteiger partial charge in [-0.25, -0.2) is 4.39 Å². The van der Waals surface area contributed by atoms with Crippen molar-refractivity contribution in [3.8, 4) is 11.5 Å². The number of benzene rings is 2. The zero-order chi connectivity index (χ0) is 17.8. The molecule has 3 rings (SSSR count). The minimum absolute atomic E-state index is 0.0830. The van der Waals surface area contributed by atoms with E-state index in [0.29, 0.717) is 17.1 Å². The van der Waals surface area contributed by atoms with Crippen LogP contribution in [0.4, 0.5) is 4.39 Å². The number of nitrogens with one attached hydrogen (secondary N) is 1. The number of esters is 1. The van der Waals surface area contributed by atoms with Gasteiger partial charge in [-0.15, -0.1) is 0 Å². The van der Waals surface area contributed by atoms with Crippen LogP contribution in [0.25, 0.3) is 0 Å². The molecule has 8 heteroatoms. The summed E-state index contributed by atoms with van der Waals surface area (Å²) in [5.74, 6) is -0.737. The van der Waals surface area contributed by atoms with Crippen molar-refractivity contribution in [2.45, 2.75) is 6.61 Å². The number of fused-ring (bicyclic) bond motifs is 1. The predicted molar refractivity (Wildman–Crippen MR) is 86.1 cm³/mol. The number of hydrogen-bond donors (Lipinski definition) is 1. The van der Waals surface area contributed by atoms with E-state index in [2.05, 4.69) is 5.32 Å². The van der Waals surface area contributed by atoms with E-state index in [-0.39, 0.29) is 30.5 Å². The fourth-order valence-electron chi connectivity index (χ4n) is 2.17. The first-order valence-corrected chi connectivity index (χ1v) is 7.69. The van der Waals surface area contributed by atoms with Gasteiger partial charge in [0, 0.05) is 11.1 Å². The standard InChI is InChI=1S/C17H13ClFNO5/c18-12-2-1-3-13(19)11(12)8-23-16(21)7-20-17(22)10-4-5-14-15(6-10)25-9-24-14/h1-6H,7-9H2,(H,20,22). The molecule has 1 heterocycles. The fourth-order valence-corrected chi connectivity index (χ4v) is 2.38. The van der Waals surface area contributed by atoms with E-state index >= 15 is 0 Å². The minimum atomic E-state index is -0.714. The zero-order valence-corrected chi connectivity index (χ0v) is 13.6. The summed E-state index contributed by atoms with van der Waals surface area (Å²) in [5, 5.41) is 2.58. The van der Waals surface area contributed by atoms with Crippen molar-refractivity contribution in [2.24, 2.45) is 0 Å². The van der Waals surface area contributed by atoms with E-state index in [0.717, 1.165) is 0 Å². The Hall–Kier alpha value is -2.80. The Bertz CT molecular complexity index is 806. The minimum Gasteiger partial charge on any atom is -0.459 e. The molecule has 2 aromatic rings. The number of amides is 1. The Labute approximate surface area is 147 Å². The van der Waals surface area contributed by atoms with Gasteiger partial charge in [0.2, 0.25) is 6.79 Å². The third-order valence-corrected chi connectivity index (χ3v) is 3.82. The van der Waals surface area contributed by atoms with Crippen molar-refractivity contribution in [3.63, 3.8) is 0 Å². The average molecular weight is 366 g/mol. The van der Waals surface area contributed by atoms with Gasteiger partial charge in [0.05, 0.1) is 5.02 Å². The van der Waals surface area contributed by atoms with E-state index in [9.17, 15) is 14.0 Å². The maximum atomic E-state index is 13.6. The first kappa shape index (κ1) is 17.0. The molecule has 6 nitrogen and oxygen atoms in total. The van der Waals surface area contributed by atoms with E-state index < -0.39 is 17.7 Å². The Kier molecular flexibility index (Phi) is 5.04. The number of ether oxygens (including phenoxy) is 3. The summed E-state index contributed by atoms with van der Waals surface area (Å²) in [6.07, 6.45) is 0. The van der Waals surface area contributed by atoms with Crippen molar-refractivity contribution >= 4 is 23.5 Å². The van der Waals surface area contributed by atoms with Crippen LogP contribution in [0.2, 0.25) is 5.02 Å². The smallest absolute Gasteiger partial charge is 0.325 e. The topological polar surface area (TPSA) is 73.9 Å². The highest BCUT2D eigenvalue weighted by molar-refractivity contribution is 6.31. The van der Waals surface area contributed by atoms with Crippen molar-refractivity contribution in [1.82, 2.24) is 5.32 Å². The largest absolute Gasteiger partial charge is 0.459 e. The van der Waals surface area contributed by atoms with Gasteiger partial charge >= 0.3 is 5.97 Å². The summed E-state index contributed by atoms with van der Waals surface area (Å²) in [6, 6.07) is 8.84. The lowest BCUT2D eigenvalue weighted by molar-refractivity contribution is -0.143. The van der Waals surface area contributed by atoms with Crippen LogP contribution in [0.5, 0.6) is 11.5 Å². The van der Waals surface area contributed by atoms with Crippen LogP contribution in [-0.2, 0) is 16.1 Å². The molecule has 1 amide bonds. The third kappa shape index (κ3) is 4.00.